The molecule has 4 atom stereocenters. The van der Waals surface area contributed by atoms with Crippen LogP contribution in [0.1, 0.15) is 52.3 Å². The minimum atomic E-state index is -1.59. The standard InChI is InChI=1S/C22H27N5O6/c1-20(2)7-12(8-20)30-19(28)29-10-22(9-23)17-16(31-21(3,4)33-17)15(32-22)13-5-6-14-18(24)25-11-26-27(13)14/h5-6,11-12,15-17H,7-8,10H2,1-4H3,(H2,24,25,26)/t15-,16?,17?,22+/m0/s1. The molecule has 0 radical (unpaired) electrons. The number of hydrogen-bond donors (Lipinski definition) is 1. The third-order valence-electron chi connectivity index (χ3n) is 6.44. The predicted octanol–water partition coefficient (Wildman–Crippen LogP) is 2.51. The number of anilines is 1. The summed E-state index contributed by atoms with van der Waals surface area (Å²) in [7, 11) is 0. The van der Waals surface area contributed by atoms with Crippen molar-refractivity contribution in [3.63, 3.8) is 0 Å². The summed E-state index contributed by atoms with van der Waals surface area (Å²) in [6.07, 6.45) is -0.299. The van der Waals surface area contributed by atoms with Gasteiger partial charge in [0, 0.05) is 0 Å². The van der Waals surface area contributed by atoms with Gasteiger partial charge in [-0.3, -0.25) is 0 Å². The molecule has 3 aliphatic rings. The minimum absolute atomic E-state index is 0.154. The molecular formula is C22H27N5O6. The van der Waals surface area contributed by atoms with Gasteiger partial charge in [0.25, 0.3) is 0 Å². The van der Waals surface area contributed by atoms with Crippen LogP contribution < -0.4 is 5.73 Å². The van der Waals surface area contributed by atoms with Crippen LogP contribution in [0.15, 0.2) is 18.5 Å². The number of hydrogen-bond acceptors (Lipinski definition) is 10. The van der Waals surface area contributed by atoms with Crippen LogP contribution in [0.25, 0.3) is 5.52 Å². The maximum atomic E-state index is 12.3. The van der Waals surface area contributed by atoms with Crippen molar-refractivity contribution in [1.29, 1.82) is 5.26 Å². The number of ether oxygens (including phenoxy) is 5. The highest BCUT2D eigenvalue weighted by molar-refractivity contribution is 5.65. The molecule has 33 heavy (non-hydrogen) atoms. The molecular weight excluding hydrogens is 430 g/mol. The third kappa shape index (κ3) is 3.68. The summed E-state index contributed by atoms with van der Waals surface area (Å²) in [5, 5.41) is 14.4. The number of nitrogen functional groups attached to an aromatic ring is 1. The fraction of sp³-hybridized carbons (Fsp3) is 0.636. The van der Waals surface area contributed by atoms with Gasteiger partial charge in [0.15, 0.2) is 11.6 Å². The number of rotatable bonds is 4. The van der Waals surface area contributed by atoms with Crippen LogP contribution >= 0.6 is 0 Å². The predicted molar refractivity (Wildman–Crippen MR) is 113 cm³/mol. The first-order chi connectivity index (χ1) is 15.5. The van der Waals surface area contributed by atoms with Crippen molar-refractivity contribution in [2.24, 2.45) is 5.41 Å². The molecule has 0 bridgehead atoms. The van der Waals surface area contributed by atoms with Crippen molar-refractivity contribution in [1.82, 2.24) is 14.6 Å². The molecule has 2 saturated heterocycles. The van der Waals surface area contributed by atoms with E-state index < -0.39 is 35.9 Å². The number of carbonyl (C=O) groups is 1. The van der Waals surface area contributed by atoms with Gasteiger partial charge in [-0.1, -0.05) is 13.8 Å². The Hall–Kier alpha value is -2.94. The summed E-state index contributed by atoms with van der Waals surface area (Å²) < 4.78 is 30.7. The molecule has 5 rings (SSSR count). The zero-order valence-electron chi connectivity index (χ0n) is 19.0. The smallest absolute Gasteiger partial charge is 0.431 e. The second kappa shape index (κ2) is 7.28. The van der Waals surface area contributed by atoms with Crippen LogP contribution in [0.4, 0.5) is 10.6 Å². The average Bonchev–Trinajstić information content (AvgIpc) is 3.36. The first-order valence-electron chi connectivity index (χ1n) is 10.9. The van der Waals surface area contributed by atoms with Crippen molar-refractivity contribution in [3.8, 4) is 6.07 Å². The maximum Gasteiger partial charge on any atom is 0.508 e. The topological polar surface area (TPSA) is 143 Å². The summed E-state index contributed by atoms with van der Waals surface area (Å²) in [4.78, 5) is 16.3. The molecule has 0 spiro atoms. The molecule has 2 aliphatic heterocycles. The minimum Gasteiger partial charge on any atom is -0.431 e. The SMILES string of the molecule is CC1(C)CC(OC(=O)OC[C@@]2(C#N)O[C@@H](c3ccc4c(N)ncnn34)C3OC(C)(C)OC32)C1. The highest BCUT2D eigenvalue weighted by Crippen LogP contribution is 2.50. The number of nitrogens with zero attached hydrogens (tertiary/aromatic N) is 4. The van der Waals surface area contributed by atoms with E-state index in [2.05, 4.69) is 30.0 Å². The molecule has 11 nitrogen and oxygen atoms in total. The highest BCUT2D eigenvalue weighted by atomic mass is 16.8. The molecule has 3 fully saturated rings. The lowest BCUT2D eigenvalue weighted by Gasteiger charge is -2.41. The Kier molecular flexibility index (Phi) is 4.83. The van der Waals surface area contributed by atoms with Crippen molar-refractivity contribution in [2.45, 2.75) is 76.3 Å². The fourth-order valence-electron chi connectivity index (χ4n) is 4.98. The molecule has 4 heterocycles. The second-order valence-corrected chi connectivity index (χ2v) is 10.1. The first-order valence-corrected chi connectivity index (χ1v) is 10.9. The lowest BCUT2D eigenvalue weighted by atomic mass is 9.70. The number of nitrogens with two attached hydrogens (primary N) is 1. The average molecular weight is 457 g/mol. The molecule has 1 saturated carbocycles. The molecule has 11 heteroatoms. The second-order valence-electron chi connectivity index (χ2n) is 10.1. The van der Waals surface area contributed by atoms with Gasteiger partial charge in [0.2, 0.25) is 5.60 Å². The lowest BCUT2D eigenvalue weighted by molar-refractivity contribution is -0.206. The Morgan fingerprint density at radius 2 is 2.03 bits per heavy atom. The number of carbonyl (C=O) groups excluding carboxylic acids is 1. The third-order valence-corrected chi connectivity index (χ3v) is 6.44. The van der Waals surface area contributed by atoms with E-state index in [-0.39, 0.29) is 18.1 Å². The van der Waals surface area contributed by atoms with E-state index in [0.717, 1.165) is 12.8 Å². The molecule has 0 aromatic carbocycles. The van der Waals surface area contributed by atoms with Crippen molar-refractivity contribution >= 4 is 17.5 Å². The molecule has 2 aromatic rings. The van der Waals surface area contributed by atoms with Crippen molar-refractivity contribution in [2.75, 3.05) is 12.3 Å². The van der Waals surface area contributed by atoms with E-state index in [0.29, 0.717) is 17.0 Å². The van der Waals surface area contributed by atoms with Crippen LogP contribution in [0.3, 0.4) is 0 Å². The summed E-state index contributed by atoms with van der Waals surface area (Å²) in [6, 6.07) is 5.72. The van der Waals surface area contributed by atoms with Gasteiger partial charge in [-0.25, -0.2) is 14.3 Å². The van der Waals surface area contributed by atoms with Gasteiger partial charge in [-0.2, -0.15) is 10.4 Å². The van der Waals surface area contributed by atoms with Gasteiger partial charge in [-0.15, -0.1) is 0 Å². The Bertz CT molecular complexity index is 1130. The quantitative estimate of drug-likeness (QED) is 0.680. The van der Waals surface area contributed by atoms with Gasteiger partial charge in [-0.05, 0) is 44.2 Å². The van der Waals surface area contributed by atoms with E-state index in [9.17, 15) is 10.1 Å². The van der Waals surface area contributed by atoms with Gasteiger partial charge in [0.05, 0.1) is 5.69 Å². The van der Waals surface area contributed by atoms with Crippen LogP contribution in [0.5, 0.6) is 0 Å². The molecule has 2 unspecified atom stereocenters. The zero-order chi connectivity index (χ0) is 23.6. The van der Waals surface area contributed by atoms with Crippen molar-refractivity contribution < 1.29 is 28.5 Å². The normalized spacial score (nSPS) is 32.2. The van der Waals surface area contributed by atoms with Gasteiger partial charge >= 0.3 is 6.16 Å². The summed E-state index contributed by atoms with van der Waals surface area (Å²) in [5.74, 6) is -0.648. The molecule has 2 N–H and O–H groups in total. The van der Waals surface area contributed by atoms with Crippen LogP contribution in [-0.4, -0.2) is 57.1 Å². The lowest BCUT2D eigenvalue weighted by Crippen LogP contribution is -2.47. The van der Waals surface area contributed by atoms with Crippen LogP contribution in [0.2, 0.25) is 0 Å². The van der Waals surface area contributed by atoms with E-state index >= 15 is 0 Å². The number of aromatic nitrogens is 3. The van der Waals surface area contributed by atoms with E-state index in [1.807, 2.05) is 0 Å². The Labute approximate surface area is 190 Å². The molecule has 176 valence electrons. The maximum absolute atomic E-state index is 12.3. The Morgan fingerprint density at radius 1 is 1.27 bits per heavy atom. The molecule has 0 amide bonds. The Morgan fingerprint density at radius 3 is 2.73 bits per heavy atom. The largest absolute Gasteiger partial charge is 0.508 e. The zero-order valence-corrected chi connectivity index (χ0v) is 19.0. The van der Waals surface area contributed by atoms with E-state index in [4.69, 9.17) is 29.4 Å². The monoisotopic (exact) mass is 457 g/mol. The molecule has 1 aliphatic carbocycles. The van der Waals surface area contributed by atoms with Gasteiger partial charge < -0.3 is 29.4 Å². The van der Waals surface area contributed by atoms with E-state index in [1.165, 1.54) is 6.33 Å². The fourth-order valence-corrected chi connectivity index (χ4v) is 4.98. The van der Waals surface area contributed by atoms with Crippen LogP contribution in [0, 0.1) is 16.7 Å². The summed E-state index contributed by atoms with van der Waals surface area (Å²) >= 11 is 0. The van der Waals surface area contributed by atoms with Crippen LogP contribution in [-0.2, 0) is 23.7 Å². The van der Waals surface area contributed by atoms with E-state index in [1.54, 1.807) is 30.5 Å². The van der Waals surface area contributed by atoms with Crippen molar-refractivity contribution in [3.05, 3.63) is 24.2 Å². The Balaban J connectivity index is 1.39. The summed E-state index contributed by atoms with van der Waals surface area (Å²) in [5.41, 5.74) is 5.74. The summed E-state index contributed by atoms with van der Waals surface area (Å²) in [6.45, 7) is 7.37. The first kappa shape index (κ1) is 21.9. The van der Waals surface area contributed by atoms with Gasteiger partial charge in [0.1, 0.15) is 48.9 Å². The highest BCUT2D eigenvalue weighted by Gasteiger charge is 2.65. The molecule has 2 aromatic heterocycles. The number of nitriles is 1. The number of fused-ring (bicyclic) bond motifs is 2.